The normalized spacial score (nSPS) is 15.5. The average molecular weight is 270 g/mol. The fraction of sp³-hybridized carbons (Fsp3) is 0.200. The lowest BCUT2D eigenvalue weighted by Gasteiger charge is -2.27. The summed E-state index contributed by atoms with van der Waals surface area (Å²) in [6.07, 6.45) is 0. The molecule has 0 atom stereocenters. The summed E-state index contributed by atoms with van der Waals surface area (Å²) in [4.78, 5) is 38.7. The van der Waals surface area contributed by atoms with Gasteiger partial charge in [-0.05, 0) is 12.1 Å². The van der Waals surface area contributed by atoms with Gasteiger partial charge in [0.15, 0.2) is 0 Å². The third-order valence-electron chi connectivity index (χ3n) is 2.32. The highest BCUT2D eigenvalue weighted by Gasteiger charge is 2.27. The number of pyridine rings is 1. The van der Waals surface area contributed by atoms with E-state index >= 15 is 0 Å². The number of imide groups is 1. The second kappa shape index (κ2) is 4.61. The molecule has 94 valence electrons. The van der Waals surface area contributed by atoms with E-state index in [1.807, 2.05) is 0 Å². The molecule has 18 heavy (non-hydrogen) atoms. The molecule has 0 unspecified atom stereocenters. The predicted octanol–water partition coefficient (Wildman–Crippen LogP) is -0.104. The number of hydrogen-bond acceptors (Lipinski definition) is 5. The standard InChI is InChI=1S/C10H8ClN3O4/c11-6-2-1-5(10(17)18)9(12-6)14-3-7(15)13-8(16)4-14/h1-2H,3-4H2,(H,17,18)(H,13,15,16). The van der Waals surface area contributed by atoms with Crippen LogP contribution in [-0.2, 0) is 9.59 Å². The molecule has 1 aromatic heterocycles. The molecule has 0 saturated carbocycles. The molecular weight excluding hydrogens is 262 g/mol. The number of piperazine rings is 1. The van der Waals surface area contributed by atoms with Gasteiger partial charge in [0.1, 0.15) is 16.5 Å². The van der Waals surface area contributed by atoms with Gasteiger partial charge in [0.25, 0.3) is 0 Å². The lowest BCUT2D eigenvalue weighted by atomic mass is 10.2. The van der Waals surface area contributed by atoms with Crippen molar-refractivity contribution in [2.45, 2.75) is 0 Å². The van der Waals surface area contributed by atoms with Gasteiger partial charge in [0, 0.05) is 0 Å². The molecule has 7 nitrogen and oxygen atoms in total. The number of carbonyl (C=O) groups is 3. The number of carbonyl (C=O) groups excluding carboxylic acids is 2. The van der Waals surface area contributed by atoms with E-state index in [0.717, 1.165) is 0 Å². The first-order chi connectivity index (χ1) is 8.47. The zero-order valence-electron chi connectivity index (χ0n) is 9.01. The maximum Gasteiger partial charge on any atom is 0.339 e. The summed E-state index contributed by atoms with van der Waals surface area (Å²) in [5, 5.41) is 11.2. The summed E-state index contributed by atoms with van der Waals surface area (Å²) in [5.74, 6) is -2.21. The number of nitrogens with zero attached hydrogens (tertiary/aromatic N) is 2. The van der Waals surface area contributed by atoms with Crippen LogP contribution in [0.3, 0.4) is 0 Å². The van der Waals surface area contributed by atoms with Gasteiger partial charge in [0.05, 0.1) is 13.1 Å². The monoisotopic (exact) mass is 269 g/mol. The first kappa shape index (κ1) is 12.3. The van der Waals surface area contributed by atoms with E-state index in [0.29, 0.717) is 0 Å². The number of halogens is 1. The van der Waals surface area contributed by atoms with E-state index in [-0.39, 0.29) is 29.6 Å². The van der Waals surface area contributed by atoms with Gasteiger partial charge < -0.3 is 10.0 Å². The first-order valence-corrected chi connectivity index (χ1v) is 5.32. The maximum absolute atomic E-state index is 11.2. The molecule has 2 amide bonds. The third-order valence-corrected chi connectivity index (χ3v) is 2.53. The predicted molar refractivity (Wildman–Crippen MR) is 61.6 cm³/mol. The molecular formula is C10H8ClN3O4. The van der Waals surface area contributed by atoms with Crippen molar-refractivity contribution in [2.75, 3.05) is 18.0 Å². The molecule has 0 radical (unpaired) electrons. The zero-order valence-corrected chi connectivity index (χ0v) is 9.77. The molecule has 0 spiro atoms. The molecule has 2 rings (SSSR count). The number of carboxylic acids is 1. The Labute approximate surface area is 106 Å². The number of rotatable bonds is 2. The van der Waals surface area contributed by atoms with E-state index < -0.39 is 17.8 Å². The maximum atomic E-state index is 11.2. The Balaban J connectivity index is 2.42. The fourth-order valence-corrected chi connectivity index (χ4v) is 1.76. The highest BCUT2D eigenvalue weighted by molar-refractivity contribution is 6.29. The van der Waals surface area contributed by atoms with Crippen molar-refractivity contribution < 1.29 is 19.5 Å². The Bertz CT molecular complexity index is 530. The minimum absolute atomic E-state index is 0.0122. The molecule has 8 heteroatoms. The van der Waals surface area contributed by atoms with Crippen LogP contribution in [0.2, 0.25) is 5.15 Å². The summed E-state index contributed by atoms with van der Waals surface area (Å²) in [5.41, 5.74) is -0.109. The minimum atomic E-state index is -1.20. The van der Waals surface area contributed by atoms with Crippen LogP contribution >= 0.6 is 11.6 Å². The summed E-state index contributed by atoms with van der Waals surface area (Å²) in [6.45, 7) is -0.279. The molecule has 0 aliphatic carbocycles. The quantitative estimate of drug-likeness (QED) is 0.574. The van der Waals surface area contributed by atoms with Gasteiger partial charge in [-0.25, -0.2) is 9.78 Å². The fourth-order valence-electron chi connectivity index (χ4n) is 1.62. The smallest absolute Gasteiger partial charge is 0.339 e. The Kier molecular flexibility index (Phi) is 3.15. The SMILES string of the molecule is O=C1CN(c2nc(Cl)ccc2C(=O)O)CC(=O)N1. The number of amides is 2. The highest BCUT2D eigenvalue weighted by Crippen LogP contribution is 2.21. The number of anilines is 1. The van der Waals surface area contributed by atoms with E-state index in [4.69, 9.17) is 16.7 Å². The highest BCUT2D eigenvalue weighted by atomic mass is 35.5. The van der Waals surface area contributed by atoms with Gasteiger partial charge in [-0.1, -0.05) is 11.6 Å². The van der Waals surface area contributed by atoms with Gasteiger partial charge >= 0.3 is 5.97 Å². The van der Waals surface area contributed by atoms with E-state index in [1.165, 1.54) is 17.0 Å². The van der Waals surface area contributed by atoms with Crippen molar-refractivity contribution in [3.05, 3.63) is 22.8 Å². The minimum Gasteiger partial charge on any atom is -0.478 e. The Morgan fingerprint density at radius 2 is 1.94 bits per heavy atom. The lowest BCUT2D eigenvalue weighted by Crippen LogP contribution is -2.52. The lowest BCUT2D eigenvalue weighted by molar-refractivity contribution is -0.130. The zero-order chi connectivity index (χ0) is 13.3. The van der Waals surface area contributed by atoms with Crippen molar-refractivity contribution >= 4 is 35.2 Å². The number of nitrogens with one attached hydrogen (secondary N) is 1. The molecule has 2 heterocycles. The molecule has 2 N–H and O–H groups in total. The van der Waals surface area contributed by atoms with Gasteiger partial charge in [0.2, 0.25) is 11.8 Å². The van der Waals surface area contributed by atoms with Crippen molar-refractivity contribution in [3.8, 4) is 0 Å². The summed E-state index contributed by atoms with van der Waals surface area (Å²) >= 11 is 5.70. The van der Waals surface area contributed by atoms with Crippen LogP contribution in [-0.4, -0.2) is 41.0 Å². The molecule has 1 aliphatic rings. The largest absolute Gasteiger partial charge is 0.478 e. The van der Waals surface area contributed by atoms with Crippen LogP contribution in [0.1, 0.15) is 10.4 Å². The van der Waals surface area contributed by atoms with Crippen molar-refractivity contribution in [1.29, 1.82) is 0 Å². The van der Waals surface area contributed by atoms with Crippen LogP contribution in [0, 0.1) is 0 Å². The van der Waals surface area contributed by atoms with Crippen LogP contribution in [0.4, 0.5) is 5.82 Å². The number of carboxylic acid groups (broad SMARTS) is 1. The Morgan fingerprint density at radius 3 is 2.50 bits per heavy atom. The van der Waals surface area contributed by atoms with E-state index in [1.54, 1.807) is 0 Å². The van der Waals surface area contributed by atoms with Gasteiger partial charge in [-0.2, -0.15) is 0 Å². The molecule has 0 aromatic carbocycles. The van der Waals surface area contributed by atoms with E-state index in [9.17, 15) is 14.4 Å². The molecule has 0 bridgehead atoms. The van der Waals surface area contributed by atoms with Gasteiger partial charge in [-0.15, -0.1) is 0 Å². The average Bonchev–Trinajstić information content (AvgIpc) is 2.27. The molecule has 1 fully saturated rings. The first-order valence-electron chi connectivity index (χ1n) is 4.95. The van der Waals surface area contributed by atoms with E-state index in [2.05, 4.69) is 10.3 Å². The molecule has 1 aromatic rings. The third kappa shape index (κ3) is 2.40. The topological polar surface area (TPSA) is 99.6 Å². The number of hydrogen-bond donors (Lipinski definition) is 2. The van der Waals surface area contributed by atoms with Crippen LogP contribution in [0.5, 0.6) is 0 Å². The van der Waals surface area contributed by atoms with Crippen molar-refractivity contribution in [1.82, 2.24) is 10.3 Å². The molecule has 1 aliphatic heterocycles. The van der Waals surface area contributed by atoms with Crippen LogP contribution in [0.25, 0.3) is 0 Å². The second-order valence-electron chi connectivity index (χ2n) is 3.64. The Morgan fingerprint density at radius 1 is 1.33 bits per heavy atom. The number of aromatic carboxylic acids is 1. The van der Waals surface area contributed by atoms with Crippen LogP contribution < -0.4 is 10.2 Å². The molecule has 1 saturated heterocycles. The summed E-state index contributed by atoms with van der Waals surface area (Å²) < 4.78 is 0. The van der Waals surface area contributed by atoms with Crippen molar-refractivity contribution in [2.24, 2.45) is 0 Å². The van der Waals surface area contributed by atoms with Gasteiger partial charge in [-0.3, -0.25) is 14.9 Å². The summed E-state index contributed by atoms with van der Waals surface area (Å²) in [6, 6.07) is 2.62. The second-order valence-corrected chi connectivity index (χ2v) is 4.02. The Hall–Kier alpha value is -2.15. The van der Waals surface area contributed by atoms with Crippen molar-refractivity contribution in [3.63, 3.8) is 0 Å². The number of aromatic nitrogens is 1. The van der Waals surface area contributed by atoms with Crippen LogP contribution in [0.15, 0.2) is 12.1 Å². The summed E-state index contributed by atoms with van der Waals surface area (Å²) in [7, 11) is 0.